The van der Waals surface area contributed by atoms with Crippen LogP contribution >= 0.6 is 0 Å². The number of hydrogen-bond donors (Lipinski definition) is 0. The van der Waals surface area contributed by atoms with Crippen LogP contribution in [0.1, 0.15) is 18.0 Å². The summed E-state index contributed by atoms with van der Waals surface area (Å²) in [7, 11) is 0. The van der Waals surface area contributed by atoms with Crippen molar-refractivity contribution in [3.63, 3.8) is 0 Å². The van der Waals surface area contributed by atoms with Crippen LogP contribution in [0.25, 0.3) is 0 Å². The van der Waals surface area contributed by atoms with E-state index in [0.717, 1.165) is 5.56 Å². The number of imide groups is 1. The number of nitrogens with zero attached hydrogens (tertiary/aromatic N) is 3. The number of imidazole rings is 1. The van der Waals surface area contributed by atoms with Crippen LogP contribution in [0.3, 0.4) is 0 Å². The van der Waals surface area contributed by atoms with E-state index in [2.05, 4.69) is 4.98 Å². The Bertz CT molecular complexity index is 634. The molecular formula is C14H13N3O2. The summed E-state index contributed by atoms with van der Waals surface area (Å²) in [6.45, 7) is 1.89. The first kappa shape index (κ1) is 11.6. The van der Waals surface area contributed by atoms with Crippen LogP contribution in [0.2, 0.25) is 0 Å². The Morgan fingerprint density at radius 2 is 2.05 bits per heavy atom. The fourth-order valence-corrected chi connectivity index (χ4v) is 2.37. The van der Waals surface area contributed by atoms with Gasteiger partial charge in [-0.2, -0.15) is 0 Å². The van der Waals surface area contributed by atoms with Gasteiger partial charge in [-0.15, -0.1) is 0 Å². The molecule has 0 bridgehead atoms. The van der Waals surface area contributed by atoms with Crippen molar-refractivity contribution in [3.05, 3.63) is 48.5 Å². The molecule has 1 aliphatic heterocycles. The minimum Gasteiger partial charge on any atom is -0.324 e. The Labute approximate surface area is 110 Å². The number of anilines is 1. The Hall–Kier alpha value is -2.43. The standard InChI is InChI=1S/C14H13N3O2/c1-10-4-2-3-5-11(10)17-13(18)8-12(14(17)19)16-7-6-15-9-16/h2-7,9,12H,8H2,1H3/t12-/m1/s1. The van der Waals surface area contributed by atoms with Gasteiger partial charge in [0.25, 0.3) is 5.91 Å². The zero-order chi connectivity index (χ0) is 13.4. The van der Waals surface area contributed by atoms with Gasteiger partial charge in [-0.1, -0.05) is 18.2 Å². The highest BCUT2D eigenvalue weighted by molar-refractivity contribution is 6.22. The van der Waals surface area contributed by atoms with Crippen LogP contribution < -0.4 is 4.90 Å². The number of aryl methyl sites for hydroxylation is 1. The lowest BCUT2D eigenvalue weighted by atomic mass is 10.2. The van der Waals surface area contributed by atoms with E-state index < -0.39 is 6.04 Å². The Morgan fingerprint density at radius 3 is 2.74 bits per heavy atom. The maximum Gasteiger partial charge on any atom is 0.257 e. The van der Waals surface area contributed by atoms with Crippen molar-refractivity contribution in [2.24, 2.45) is 0 Å². The summed E-state index contributed by atoms with van der Waals surface area (Å²) in [5, 5.41) is 0. The lowest BCUT2D eigenvalue weighted by Crippen LogP contribution is -2.31. The van der Waals surface area contributed by atoms with E-state index in [1.807, 2.05) is 25.1 Å². The fourth-order valence-electron chi connectivity index (χ4n) is 2.37. The molecule has 19 heavy (non-hydrogen) atoms. The fraction of sp³-hybridized carbons (Fsp3) is 0.214. The predicted molar refractivity (Wildman–Crippen MR) is 69.6 cm³/mol. The second-order valence-corrected chi connectivity index (χ2v) is 4.58. The van der Waals surface area contributed by atoms with Crippen molar-refractivity contribution in [2.45, 2.75) is 19.4 Å². The molecule has 0 unspecified atom stereocenters. The highest BCUT2D eigenvalue weighted by Crippen LogP contribution is 2.31. The van der Waals surface area contributed by atoms with Gasteiger partial charge in [-0.05, 0) is 18.6 Å². The average Bonchev–Trinajstić information content (AvgIpc) is 3.00. The third kappa shape index (κ3) is 1.83. The number of benzene rings is 1. The van der Waals surface area contributed by atoms with Gasteiger partial charge in [-0.3, -0.25) is 9.59 Å². The number of hydrogen-bond acceptors (Lipinski definition) is 3. The summed E-state index contributed by atoms with van der Waals surface area (Å²) >= 11 is 0. The molecule has 2 heterocycles. The molecule has 0 N–H and O–H groups in total. The molecule has 5 nitrogen and oxygen atoms in total. The first-order valence-electron chi connectivity index (χ1n) is 6.08. The molecule has 96 valence electrons. The second kappa shape index (κ2) is 4.35. The largest absolute Gasteiger partial charge is 0.324 e. The van der Waals surface area contributed by atoms with Crippen LogP contribution in [0, 0.1) is 6.92 Å². The van der Waals surface area contributed by atoms with E-state index in [1.165, 1.54) is 4.90 Å². The Balaban J connectivity index is 1.99. The molecule has 2 aromatic rings. The van der Waals surface area contributed by atoms with Gasteiger partial charge in [0.15, 0.2) is 0 Å². The van der Waals surface area contributed by atoms with Crippen molar-refractivity contribution in [2.75, 3.05) is 4.90 Å². The Kier molecular flexibility index (Phi) is 2.67. The van der Waals surface area contributed by atoms with Gasteiger partial charge in [0.1, 0.15) is 6.04 Å². The average molecular weight is 255 g/mol. The summed E-state index contributed by atoms with van der Waals surface area (Å²) in [4.78, 5) is 29.7. The van der Waals surface area contributed by atoms with Gasteiger partial charge >= 0.3 is 0 Å². The summed E-state index contributed by atoms with van der Waals surface area (Å²) in [6, 6.07) is 6.92. The molecule has 1 aromatic heterocycles. The number of para-hydroxylation sites is 1. The molecule has 1 aromatic carbocycles. The lowest BCUT2D eigenvalue weighted by Gasteiger charge is -2.17. The smallest absolute Gasteiger partial charge is 0.257 e. The molecular weight excluding hydrogens is 242 g/mol. The maximum absolute atomic E-state index is 12.4. The van der Waals surface area contributed by atoms with Crippen LogP contribution in [0.5, 0.6) is 0 Å². The van der Waals surface area contributed by atoms with Crippen molar-refractivity contribution in [3.8, 4) is 0 Å². The van der Waals surface area contributed by atoms with Gasteiger partial charge in [0.05, 0.1) is 18.4 Å². The molecule has 0 saturated carbocycles. The first-order valence-corrected chi connectivity index (χ1v) is 6.08. The van der Waals surface area contributed by atoms with E-state index in [-0.39, 0.29) is 18.2 Å². The number of aromatic nitrogens is 2. The van der Waals surface area contributed by atoms with E-state index in [0.29, 0.717) is 5.69 Å². The summed E-state index contributed by atoms with van der Waals surface area (Å²) < 4.78 is 1.68. The topological polar surface area (TPSA) is 55.2 Å². The van der Waals surface area contributed by atoms with Gasteiger partial charge < -0.3 is 4.57 Å². The third-order valence-corrected chi connectivity index (χ3v) is 3.36. The first-order chi connectivity index (χ1) is 9.18. The molecule has 1 saturated heterocycles. The molecule has 2 amide bonds. The van der Waals surface area contributed by atoms with Gasteiger partial charge in [-0.25, -0.2) is 9.88 Å². The normalized spacial score (nSPS) is 19.2. The molecule has 3 rings (SSSR count). The van der Waals surface area contributed by atoms with E-state index in [9.17, 15) is 9.59 Å². The van der Waals surface area contributed by atoms with Gasteiger partial charge in [0.2, 0.25) is 5.91 Å². The molecule has 0 radical (unpaired) electrons. The van der Waals surface area contributed by atoms with Crippen LogP contribution in [0.4, 0.5) is 5.69 Å². The SMILES string of the molecule is Cc1ccccc1N1C(=O)C[C@@H](n2ccnc2)C1=O. The minimum atomic E-state index is -0.477. The summed E-state index contributed by atoms with van der Waals surface area (Å²) in [6.07, 6.45) is 5.06. The summed E-state index contributed by atoms with van der Waals surface area (Å²) in [5.74, 6) is -0.365. The number of carbonyl (C=O) groups excluding carboxylic acids is 2. The van der Waals surface area contributed by atoms with Gasteiger partial charge in [0, 0.05) is 12.4 Å². The molecule has 0 aliphatic carbocycles. The van der Waals surface area contributed by atoms with Crippen LogP contribution in [0.15, 0.2) is 43.0 Å². The quantitative estimate of drug-likeness (QED) is 0.767. The minimum absolute atomic E-state index is 0.169. The zero-order valence-electron chi connectivity index (χ0n) is 10.5. The highest BCUT2D eigenvalue weighted by atomic mass is 16.2. The predicted octanol–water partition coefficient (Wildman–Crippen LogP) is 1.70. The zero-order valence-corrected chi connectivity index (χ0v) is 10.5. The third-order valence-electron chi connectivity index (χ3n) is 3.36. The van der Waals surface area contributed by atoms with E-state index >= 15 is 0 Å². The van der Waals surface area contributed by atoms with Crippen molar-refractivity contribution in [1.82, 2.24) is 9.55 Å². The second-order valence-electron chi connectivity index (χ2n) is 4.58. The molecule has 1 aliphatic rings. The molecule has 1 atom stereocenters. The van der Waals surface area contributed by atoms with E-state index in [1.54, 1.807) is 29.4 Å². The highest BCUT2D eigenvalue weighted by Gasteiger charge is 2.40. The molecule has 5 heteroatoms. The number of rotatable bonds is 2. The lowest BCUT2D eigenvalue weighted by molar-refractivity contribution is -0.122. The van der Waals surface area contributed by atoms with E-state index in [4.69, 9.17) is 0 Å². The van der Waals surface area contributed by atoms with Crippen molar-refractivity contribution >= 4 is 17.5 Å². The van der Waals surface area contributed by atoms with Crippen molar-refractivity contribution in [1.29, 1.82) is 0 Å². The molecule has 0 spiro atoms. The number of amides is 2. The monoisotopic (exact) mass is 255 g/mol. The Morgan fingerprint density at radius 1 is 1.26 bits per heavy atom. The van der Waals surface area contributed by atoms with Crippen LogP contribution in [-0.4, -0.2) is 21.4 Å². The molecule has 1 fully saturated rings. The van der Waals surface area contributed by atoms with Crippen LogP contribution in [-0.2, 0) is 9.59 Å². The number of carbonyl (C=O) groups is 2. The summed E-state index contributed by atoms with van der Waals surface area (Å²) in [5.41, 5.74) is 1.58. The van der Waals surface area contributed by atoms with Crippen molar-refractivity contribution < 1.29 is 9.59 Å². The maximum atomic E-state index is 12.4.